The Kier molecular flexibility index (Phi) is 4.18. The summed E-state index contributed by atoms with van der Waals surface area (Å²) in [4.78, 5) is 23.1. The van der Waals surface area contributed by atoms with Gasteiger partial charge >= 0.3 is 5.97 Å². The number of carboxylic acid groups (broad SMARTS) is 1. The van der Waals surface area contributed by atoms with Crippen LogP contribution in [0.15, 0.2) is 18.2 Å². The van der Waals surface area contributed by atoms with Crippen molar-refractivity contribution < 1.29 is 24.5 Å². The number of amides is 1. The van der Waals surface area contributed by atoms with Crippen molar-refractivity contribution in [1.29, 1.82) is 0 Å². The number of carboxylic acids is 1. The zero-order valence-electron chi connectivity index (χ0n) is 12.2. The molecule has 1 aromatic carbocycles. The molecular weight excluding hydrogens is 274 g/mol. The van der Waals surface area contributed by atoms with Crippen LogP contribution in [0.4, 0.5) is 5.69 Å². The predicted octanol–water partition coefficient (Wildman–Crippen LogP) is 2.09. The highest BCUT2D eigenvalue weighted by atomic mass is 16.5. The highest BCUT2D eigenvalue weighted by Gasteiger charge is 2.41. The van der Waals surface area contributed by atoms with Crippen molar-refractivity contribution in [3.05, 3.63) is 23.8 Å². The Morgan fingerprint density at radius 1 is 1.19 bits per heavy atom. The lowest BCUT2D eigenvalue weighted by Crippen LogP contribution is -2.31. The summed E-state index contributed by atoms with van der Waals surface area (Å²) in [6, 6.07) is 3.94. The van der Waals surface area contributed by atoms with E-state index in [0.29, 0.717) is 5.69 Å². The van der Waals surface area contributed by atoms with Crippen LogP contribution in [-0.2, 0) is 9.53 Å². The van der Waals surface area contributed by atoms with Crippen molar-refractivity contribution in [2.45, 2.75) is 33.0 Å². The molecule has 6 heteroatoms. The van der Waals surface area contributed by atoms with Crippen LogP contribution in [0.25, 0.3) is 0 Å². The standard InChI is InChI=1S/C15H19NO5/c1-7-8(2)21-9(3)13(7)14(18)16-10-4-5-11(15(19)20)12(17)6-10/h4-9,13,17H,1-3H3,(H,16,18)(H,19,20). The molecule has 0 aliphatic carbocycles. The van der Waals surface area contributed by atoms with E-state index in [4.69, 9.17) is 9.84 Å². The van der Waals surface area contributed by atoms with Gasteiger partial charge in [-0.2, -0.15) is 0 Å². The summed E-state index contributed by atoms with van der Waals surface area (Å²) in [5.74, 6) is -1.97. The second kappa shape index (κ2) is 5.73. The Bertz CT molecular complexity index is 571. The van der Waals surface area contributed by atoms with Crippen molar-refractivity contribution in [3.8, 4) is 5.75 Å². The Balaban J connectivity index is 2.13. The topological polar surface area (TPSA) is 95.9 Å². The largest absolute Gasteiger partial charge is 0.507 e. The summed E-state index contributed by atoms with van der Waals surface area (Å²) in [5, 5.41) is 21.2. The van der Waals surface area contributed by atoms with Gasteiger partial charge in [0, 0.05) is 11.8 Å². The van der Waals surface area contributed by atoms with Gasteiger partial charge in [0.15, 0.2) is 0 Å². The number of aromatic hydroxyl groups is 1. The van der Waals surface area contributed by atoms with Crippen molar-refractivity contribution in [2.75, 3.05) is 5.32 Å². The number of carbonyl (C=O) groups is 2. The Morgan fingerprint density at radius 2 is 1.86 bits per heavy atom. The van der Waals surface area contributed by atoms with Crippen LogP contribution >= 0.6 is 0 Å². The van der Waals surface area contributed by atoms with Gasteiger partial charge in [-0.25, -0.2) is 4.79 Å². The highest BCUT2D eigenvalue weighted by Crippen LogP contribution is 2.33. The molecule has 1 heterocycles. The number of anilines is 1. The van der Waals surface area contributed by atoms with E-state index in [0.717, 1.165) is 0 Å². The van der Waals surface area contributed by atoms with Gasteiger partial charge in [-0.3, -0.25) is 4.79 Å². The number of nitrogens with one attached hydrogen (secondary N) is 1. The van der Waals surface area contributed by atoms with Crippen LogP contribution in [0.3, 0.4) is 0 Å². The molecule has 4 atom stereocenters. The summed E-state index contributed by atoms with van der Waals surface area (Å²) in [7, 11) is 0. The highest BCUT2D eigenvalue weighted by molar-refractivity contribution is 5.95. The van der Waals surface area contributed by atoms with Gasteiger partial charge < -0.3 is 20.3 Å². The number of ether oxygens (including phenoxy) is 1. The number of hydrogen-bond acceptors (Lipinski definition) is 4. The van der Waals surface area contributed by atoms with Crippen molar-refractivity contribution in [2.24, 2.45) is 11.8 Å². The van der Waals surface area contributed by atoms with Crippen molar-refractivity contribution >= 4 is 17.6 Å². The molecule has 2 rings (SSSR count). The van der Waals surface area contributed by atoms with E-state index in [-0.39, 0.29) is 41.3 Å². The minimum Gasteiger partial charge on any atom is -0.507 e. The average Bonchev–Trinajstić information content (AvgIpc) is 2.62. The number of phenols is 1. The minimum absolute atomic E-state index is 0.0125. The molecule has 1 amide bonds. The number of benzene rings is 1. The lowest BCUT2D eigenvalue weighted by Gasteiger charge is -2.18. The van der Waals surface area contributed by atoms with Crippen LogP contribution in [-0.4, -0.2) is 34.3 Å². The quantitative estimate of drug-likeness (QED) is 0.793. The van der Waals surface area contributed by atoms with Crippen molar-refractivity contribution in [3.63, 3.8) is 0 Å². The molecule has 0 bridgehead atoms. The molecule has 1 saturated heterocycles. The van der Waals surface area contributed by atoms with Crippen LogP contribution in [0.2, 0.25) is 0 Å². The summed E-state index contributed by atoms with van der Waals surface area (Å²) in [5.41, 5.74) is 0.161. The zero-order valence-corrected chi connectivity index (χ0v) is 12.2. The normalized spacial score (nSPS) is 28.3. The third kappa shape index (κ3) is 3.00. The van der Waals surface area contributed by atoms with Gasteiger partial charge in [0.25, 0.3) is 0 Å². The first-order valence-corrected chi connectivity index (χ1v) is 6.84. The number of hydrogen-bond donors (Lipinski definition) is 3. The molecule has 1 aliphatic rings. The van der Waals surface area contributed by atoms with Crippen LogP contribution in [0.5, 0.6) is 5.75 Å². The zero-order chi connectivity index (χ0) is 15.7. The Labute approximate surface area is 122 Å². The maximum Gasteiger partial charge on any atom is 0.339 e. The molecule has 0 spiro atoms. The number of rotatable bonds is 3. The smallest absolute Gasteiger partial charge is 0.339 e. The van der Waals surface area contributed by atoms with Crippen LogP contribution < -0.4 is 5.32 Å². The molecule has 1 aromatic rings. The molecule has 3 N–H and O–H groups in total. The fourth-order valence-electron chi connectivity index (χ4n) is 2.73. The first-order valence-electron chi connectivity index (χ1n) is 6.84. The lowest BCUT2D eigenvalue weighted by atomic mass is 9.89. The van der Waals surface area contributed by atoms with Crippen molar-refractivity contribution in [1.82, 2.24) is 0 Å². The Morgan fingerprint density at radius 3 is 2.33 bits per heavy atom. The summed E-state index contributed by atoms with van der Waals surface area (Å²) >= 11 is 0. The predicted molar refractivity (Wildman–Crippen MR) is 76.4 cm³/mol. The maximum atomic E-state index is 12.3. The summed E-state index contributed by atoms with van der Waals surface area (Å²) in [6.45, 7) is 5.75. The molecule has 4 unspecified atom stereocenters. The fraction of sp³-hybridized carbons (Fsp3) is 0.467. The average molecular weight is 293 g/mol. The molecule has 0 saturated carbocycles. The van der Waals surface area contributed by atoms with E-state index in [1.165, 1.54) is 18.2 Å². The fourth-order valence-corrected chi connectivity index (χ4v) is 2.73. The molecule has 0 radical (unpaired) electrons. The van der Waals surface area contributed by atoms with Gasteiger partial charge in [0.1, 0.15) is 11.3 Å². The SMILES string of the molecule is CC1OC(C)C(C(=O)Nc2ccc(C(=O)O)c(O)c2)C1C. The van der Waals surface area contributed by atoms with E-state index in [1.807, 2.05) is 20.8 Å². The first kappa shape index (κ1) is 15.3. The van der Waals surface area contributed by atoms with Crippen LogP contribution in [0, 0.1) is 11.8 Å². The molecule has 0 aromatic heterocycles. The van der Waals surface area contributed by atoms with E-state index >= 15 is 0 Å². The molecule has 1 aliphatic heterocycles. The second-order valence-electron chi connectivity index (χ2n) is 5.46. The first-order chi connectivity index (χ1) is 9.81. The summed E-state index contributed by atoms with van der Waals surface area (Å²) in [6.07, 6.45) is -0.166. The van der Waals surface area contributed by atoms with Gasteiger partial charge in [-0.1, -0.05) is 6.92 Å². The number of carbonyl (C=O) groups excluding carboxylic acids is 1. The van der Waals surface area contributed by atoms with Gasteiger partial charge in [-0.15, -0.1) is 0 Å². The minimum atomic E-state index is -1.22. The maximum absolute atomic E-state index is 12.3. The van der Waals surface area contributed by atoms with E-state index < -0.39 is 5.97 Å². The number of aromatic carboxylic acids is 1. The van der Waals surface area contributed by atoms with Gasteiger partial charge in [0.05, 0.1) is 18.1 Å². The molecule has 21 heavy (non-hydrogen) atoms. The molecule has 1 fully saturated rings. The lowest BCUT2D eigenvalue weighted by molar-refractivity contribution is -0.121. The van der Waals surface area contributed by atoms with Gasteiger partial charge in [-0.05, 0) is 31.9 Å². The van der Waals surface area contributed by atoms with E-state index in [1.54, 1.807) is 0 Å². The van der Waals surface area contributed by atoms with Crippen LogP contribution in [0.1, 0.15) is 31.1 Å². The third-order valence-corrected chi connectivity index (χ3v) is 4.04. The molecule has 6 nitrogen and oxygen atoms in total. The van der Waals surface area contributed by atoms with E-state index in [9.17, 15) is 14.7 Å². The third-order valence-electron chi connectivity index (χ3n) is 4.04. The summed E-state index contributed by atoms with van der Waals surface area (Å²) < 4.78 is 5.63. The Hall–Kier alpha value is -2.08. The van der Waals surface area contributed by atoms with E-state index in [2.05, 4.69) is 5.32 Å². The molecular formula is C15H19NO5. The second-order valence-corrected chi connectivity index (χ2v) is 5.46. The monoisotopic (exact) mass is 293 g/mol. The molecule has 114 valence electrons. The van der Waals surface area contributed by atoms with Gasteiger partial charge in [0.2, 0.25) is 5.91 Å².